The Morgan fingerprint density at radius 1 is 0.848 bits per heavy atom. The number of piperazine rings is 1. The smallest absolute Gasteiger partial charge is 0.162 e. The highest BCUT2D eigenvalue weighted by atomic mass is 19.1. The average molecular weight is 451 g/mol. The van der Waals surface area contributed by atoms with Crippen molar-refractivity contribution in [2.45, 2.75) is 38.0 Å². The Kier molecular flexibility index (Phi) is 6.20. The zero-order chi connectivity index (χ0) is 22.8. The van der Waals surface area contributed by atoms with E-state index in [2.05, 4.69) is 9.80 Å². The van der Waals surface area contributed by atoms with E-state index in [1.807, 2.05) is 24.3 Å². The largest absolute Gasteiger partial charge is 0.493 e. The summed E-state index contributed by atoms with van der Waals surface area (Å²) in [6, 6.07) is 10.9. The van der Waals surface area contributed by atoms with Crippen molar-refractivity contribution < 1.29 is 13.9 Å². The summed E-state index contributed by atoms with van der Waals surface area (Å²) >= 11 is 0. The van der Waals surface area contributed by atoms with Crippen molar-refractivity contribution in [3.05, 3.63) is 48.0 Å². The summed E-state index contributed by atoms with van der Waals surface area (Å²) in [4.78, 5) is 14.5. The number of halogens is 1. The first-order valence-corrected chi connectivity index (χ1v) is 11.9. The number of benzene rings is 2. The van der Waals surface area contributed by atoms with Crippen LogP contribution >= 0.6 is 0 Å². The molecule has 33 heavy (non-hydrogen) atoms. The van der Waals surface area contributed by atoms with Gasteiger partial charge in [-0.2, -0.15) is 0 Å². The lowest BCUT2D eigenvalue weighted by molar-refractivity contribution is 0.355. The van der Waals surface area contributed by atoms with Crippen molar-refractivity contribution in [2.75, 3.05) is 50.2 Å². The third-order valence-corrected chi connectivity index (χ3v) is 6.94. The second-order valence-electron chi connectivity index (χ2n) is 8.89. The minimum atomic E-state index is -0.171. The summed E-state index contributed by atoms with van der Waals surface area (Å²) in [5.74, 6) is 3.44. The van der Waals surface area contributed by atoms with E-state index in [1.165, 1.54) is 25.3 Å². The van der Waals surface area contributed by atoms with Crippen molar-refractivity contribution >= 4 is 22.4 Å². The Morgan fingerprint density at radius 2 is 1.52 bits per heavy atom. The normalized spacial score (nSPS) is 17.4. The minimum absolute atomic E-state index is 0.171. The van der Waals surface area contributed by atoms with E-state index < -0.39 is 0 Å². The Hall–Kier alpha value is -3.09. The van der Waals surface area contributed by atoms with E-state index >= 15 is 0 Å². The molecule has 2 aliphatic rings. The van der Waals surface area contributed by atoms with E-state index in [-0.39, 0.29) is 5.82 Å². The monoisotopic (exact) mass is 450 g/mol. The molecule has 1 aliphatic carbocycles. The molecule has 1 aliphatic heterocycles. The molecule has 2 fully saturated rings. The summed E-state index contributed by atoms with van der Waals surface area (Å²) in [7, 11) is 3.30. The van der Waals surface area contributed by atoms with Gasteiger partial charge in [-0.25, -0.2) is 14.4 Å². The van der Waals surface area contributed by atoms with E-state index in [0.29, 0.717) is 23.1 Å². The number of aromatic nitrogens is 2. The summed E-state index contributed by atoms with van der Waals surface area (Å²) in [6.45, 7) is 2.99. The van der Waals surface area contributed by atoms with Crippen LogP contribution in [0.3, 0.4) is 0 Å². The lowest BCUT2D eigenvalue weighted by Gasteiger charge is -2.37. The van der Waals surface area contributed by atoms with Crippen molar-refractivity contribution in [2.24, 2.45) is 0 Å². The van der Waals surface area contributed by atoms with Crippen molar-refractivity contribution in [1.82, 2.24) is 9.97 Å². The summed E-state index contributed by atoms with van der Waals surface area (Å²) < 4.78 is 25.4. The van der Waals surface area contributed by atoms with Gasteiger partial charge in [-0.15, -0.1) is 0 Å². The van der Waals surface area contributed by atoms with Gasteiger partial charge in [0.2, 0.25) is 0 Å². The molecule has 0 radical (unpaired) electrons. The van der Waals surface area contributed by atoms with Crippen LogP contribution in [-0.4, -0.2) is 50.4 Å². The number of hydrogen-bond acceptors (Lipinski definition) is 6. The number of rotatable bonds is 5. The highest BCUT2D eigenvalue weighted by molar-refractivity contribution is 5.92. The van der Waals surface area contributed by atoms with Crippen LogP contribution in [0.1, 0.15) is 43.8 Å². The molecule has 7 heteroatoms. The van der Waals surface area contributed by atoms with Gasteiger partial charge in [0, 0.05) is 43.5 Å². The number of anilines is 2. The molecule has 2 aromatic carbocycles. The molecular formula is C26H31FN4O2. The van der Waals surface area contributed by atoms with Crippen LogP contribution in [0.25, 0.3) is 10.9 Å². The van der Waals surface area contributed by atoms with E-state index in [9.17, 15) is 4.39 Å². The molecule has 3 aromatic rings. The van der Waals surface area contributed by atoms with E-state index in [0.717, 1.165) is 61.6 Å². The predicted molar refractivity (Wildman–Crippen MR) is 129 cm³/mol. The second kappa shape index (κ2) is 9.41. The predicted octanol–water partition coefficient (Wildman–Crippen LogP) is 5.16. The summed E-state index contributed by atoms with van der Waals surface area (Å²) in [6.07, 6.45) is 6.03. The lowest BCUT2D eigenvalue weighted by atomic mass is 9.88. The van der Waals surface area contributed by atoms with Gasteiger partial charge in [0.05, 0.1) is 25.4 Å². The zero-order valence-corrected chi connectivity index (χ0v) is 19.4. The molecule has 2 heterocycles. The molecule has 6 nitrogen and oxygen atoms in total. The van der Waals surface area contributed by atoms with Gasteiger partial charge in [-0.3, -0.25) is 0 Å². The molecule has 0 spiro atoms. The SMILES string of the molecule is COc1cc2nc(C3CCCCC3)nc(N3CCN(c4ccccc4F)CC3)c2cc1OC. The van der Waals surface area contributed by atoms with Gasteiger partial charge in [-0.05, 0) is 31.0 Å². The van der Waals surface area contributed by atoms with Gasteiger partial charge in [-0.1, -0.05) is 31.4 Å². The van der Waals surface area contributed by atoms with Gasteiger partial charge >= 0.3 is 0 Å². The maximum Gasteiger partial charge on any atom is 0.162 e. The molecular weight excluding hydrogens is 419 g/mol. The first kappa shape index (κ1) is 21.7. The number of ether oxygens (including phenoxy) is 2. The molecule has 174 valence electrons. The minimum Gasteiger partial charge on any atom is -0.493 e. The van der Waals surface area contributed by atoms with Crippen molar-refractivity contribution in [3.63, 3.8) is 0 Å². The van der Waals surface area contributed by atoms with Crippen LogP contribution < -0.4 is 19.3 Å². The number of fused-ring (bicyclic) bond motifs is 1. The molecule has 1 aromatic heterocycles. The van der Waals surface area contributed by atoms with Crippen LogP contribution in [0.15, 0.2) is 36.4 Å². The third-order valence-electron chi connectivity index (χ3n) is 6.94. The van der Waals surface area contributed by atoms with Crippen molar-refractivity contribution in [3.8, 4) is 11.5 Å². The summed E-state index contributed by atoms with van der Waals surface area (Å²) in [5.41, 5.74) is 1.55. The van der Waals surface area contributed by atoms with Crippen LogP contribution in [0.2, 0.25) is 0 Å². The topological polar surface area (TPSA) is 50.7 Å². The molecule has 1 saturated heterocycles. The third kappa shape index (κ3) is 4.28. The first-order chi connectivity index (χ1) is 16.2. The number of methoxy groups -OCH3 is 2. The zero-order valence-electron chi connectivity index (χ0n) is 19.4. The number of para-hydroxylation sites is 1. The molecule has 5 rings (SSSR count). The quantitative estimate of drug-likeness (QED) is 0.535. The molecule has 0 amide bonds. The fourth-order valence-corrected chi connectivity index (χ4v) is 5.11. The fourth-order valence-electron chi connectivity index (χ4n) is 5.11. The average Bonchev–Trinajstić information content (AvgIpc) is 2.88. The molecule has 0 N–H and O–H groups in total. The van der Waals surface area contributed by atoms with Gasteiger partial charge in [0.15, 0.2) is 11.5 Å². The Morgan fingerprint density at radius 3 is 2.21 bits per heavy atom. The molecule has 0 unspecified atom stereocenters. The fraction of sp³-hybridized carbons (Fsp3) is 0.462. The van der Waals surface area contributed by atoms with Crippen LogP contribution in [0.4, 0.5) is 15.9 Å². The maximum atomic E-state index is 14.3. The second-order valence-corrected chi connectivity index (χ2v) is 8.89. The Labute approximate surface area is 194 Å². The van der Waals surface area contributed by atoms with Crippen LogP contribution in [0.5, 0.6) is 11.5 Å². The first-order valence-electron chi connectivity index (χ1n) is 11.9. The van der Waals surface area contributed by atoms with Gasteiger partial charge in [0.25, 0.3) is 0 Å². The van der Waals surface area contributed by atoms with Crippen LogP contribution in [-0.2, 0) is 0 Å². The maximum absolute atomic E-state index is 14.3. The Balaban J connectivity index is 1.51. The highest BCUT2D eigenvalue weighted by Gasteiger charge is 2.26. The molecule has 1 saturated carbocycles. The van der Waals surface area contributed by atoms with Crippen molar-refractivity contribution in [1.29, 1.82) is 0 Å². The number of nitrogens with zero attached hydrogens (tertiary/aromatic N) is 4. The molecule has 0 atom stereocenters. The lowest BCUT2D eigenvalue weighted by Crippen LogP contribution is -2.47. The molecule has 0 bridgehead atoms. The summed E-state index contributed by atoms with van der Waals surface area (Å²) in [5, 5.41) is 0.964. The standard InChI is InChI=1S/C26H31FN4O2/c1-32-23-16-19-21(17-24(23)33-2)28-25(18-8-4-3-5-9-18)29-26(19)31-14-12-30(13-15-31)22-11-7-6-10-20(22)27/h6-7,10-11,16-18H,3-5,8-9,12-15H2,1-2H3. The van der Waals surface area contributed by atoms with E-state index in [4.69, 9.17) is 19.4 Å². The van der Waals surface area contributed by atoms with Gasteiger partial charge < -0.3 is 19.3 Å². The van der Waals surface area contributed by atoms with Crippen LogP contribution in [0, 0.1) is 5.82 Å². The van der Waals surface area contributed by atoms with E-state index in [1.54, 1.807) is 20.3 Å². The Bertz CT molecular complexity index is 1120. The van der Waals surface area contributed by atoms with Gasteiger partial charge in [0.1, 0.15) is 17.5 Å². The highest BCUT2D eigenvalue weighted by Crippen LogP contribution is 2.38. The number of hydrogen-bond donors (Lipinski definition) is 0.